The number of carbonyl (C=O) groups is 1. The van der Waals surface area contributed by atoms with E-state index in [4.69, 9.17) is 9.15 Å². The van der Waals surface area contributed by atoms with Gasteiger partial charge in [0, 0.05) is 18.2 Å². The number of aryl methyl sites for hydroxylation is 3. The molecule has 5 heteroatoms. The summed E-state index contributed by atoms with van der Waals surface area (Å²) in [4.78, 5) is 17.1. The number of benzene rings is 1. The zero-order chi connectivity index (χ0) is 17.3. The van der Waals surface area contributed by atoms with Gasteiger partial charge < -0.3 is 14.5 Å². The summed E-state index contributed by atoms with van der Waals surface area (Å²) in [6.45, 7) is 6.30. The maximum atomic E-state index is 12.5. The maximum Gasteiger partial charge on any atom is 0.291 e. The van der Waals surface area contributed by atoms with Gasteiger partial charge in [-0.25, -0.2) is 0 Å². The predicted molar refractivity (Wildman–Crippen MR) is 93.3 cm³/mol. The van der Waals surface area contributed by atoms with Crippen molar-refractivity contribution < 1.29 is 13.9 Å². The van der Waals surface area contributed by atoms with Crippen molar-refractivity contribution in [3.8, 4) is 0 Å². The Kier molecular flexibility index (Phi) is 4.36. The molecule has 2 heterocycles. The first-order valence-corrected chi connectivity index (χ1v) is 7.75. The van der Waals surface area contributed by atoms with Crippen molar-refractivity contribution in [2.45, 2.75) is 27.4 Å². The second kappa shape index (κ2) is 6.45. The molecule has 0 saturated carbocycles. The molecule has 0 radical (unpaired) electrons. The number of hydrogen-bond acceptors (Lipinski definition) is 4. The molecule has 1 N–H and O–H groups in total. The summed E-state index contributed by atoms with van der Waals surface area (Å²) in [6, 6.07) is 9.38. The van der Waals surface area contributed by atoms with E-state index in [1.807, 2.05) is 32.9 Å². The zero-order valence-corrected chi connectivity index (χ0v) is 14.3. The van der Waals surface area contributed by atoms with Crippen LogP contribution in [0.15, 0.2) is 34.7 Å². The number of ether oxygens (including phenoxy) is 1. The van der Waals surface area contributed by atoms with Crippen LogP contribution in [0.25, 0.3) is 10.9 Å². The predicted octanol–water partition coefficient (Wildman–Crippen LogP) is 4.15. The molecule has 3 rings (SSSR count). The molecule has 0 aliphatic carbocycles. The van der Waals surface area contributed by atoms with Gasteiger partial charge in [0.05, 0.1) is 11.2 Å². The summed E-state index contributed by atoms with van der Waals surface area (Å²) in [7, 11) is 1.58. The monoisotopic (exact) mass is 324 g/mol. The van der Waals surface area contributed by atoms with E-state index in [0.717, 1.165) is 33.4 Å². The van der Waals surface area contributed by atoms with Crippen LogP contribution in [0.5, 0.6) is 0 Å². The van der Waals surface area contributed by atoms with Crippen LogP contribution in [0, 0.1) is 20.8 Å². The summed E-state index contributed by atoms with van der Waals surface area (Å²) >= 11 is 0. The van der Waals surface area contributed by atoms with E-state index in [0.29, 0.717) is 12.4 Å². The van der Waals surface area contributed by atoms with Crippen LogP contribution in [0.3, 0.4) is 0 Å². The van der Waals surface area contributed by atoms with Gasteiger partial charge in [0.15, 0.2) is 5.76 Å². The molecular weight excluding hydrogens is 304 g/mol. The topological polar surface area (TPSA) is 64.4 Å². The molecule has 0 atom stereocenters. The van der Waals surface area contributed by atoms with Gasteiger partial charge in [-0.3, -0.25) is 9.78 Å². The summed E-state index contributed by atoms with van der Waals surface area (Å²) in [5, 5.41) is 3.86. The Balaban J connectivity index is 1.98. The van der Waals surface area contributed by atoms with Crippen LogP contribution in [0.2, 0.25) is 0 Å². The standard InChI is InChI=1S/C19H20N2O3/c1-11-7-12(2)18-15(8-11)16(9-13(3)20-18)21-19(22)17-6-5-14(24-17)10-23-4/h5-9H,10H2,1-4H3,(H,20,21,22). The summed E-state index contributed by atoms with van der Waals surface area (Å²) in [6.07, 6.45) is 0. The number of furan rings is 1. The number of rotatable bonds is 4. The highest BCUT2D eigenvalue weighted by atomic mass is 16.5. The molecule has 0 saturated heterocycles. The number of hydrogen-bond donors (Lipinski definition) is 1. The number of nitrogens with zero attached hydrogens (tertiary/aromatic N) is 1. The fourth-order valence-electron chi connectivity index (χ4n) is 2.82. The zero-order valence-electron chi connectivity index (χ0n) is 14.3. The van der Waals surface area contributed by atoms with E-state index in [1.54, 1.807) is 19.2 Å². The van der Waals surface area contributed by atoms with Gasteiger partial charge in [-0.1, -0.05) is 11.6 Å². The van der Waals surface area contributed by atoms with Crippen LogP contribution < -0.4 is 5.32 Å². The summed E-state index contributed by atoms with van der Waals surface area (Å²) in [5.74, 6) is 0.586. The highest BCUT2D eigenvalue weighted by molar-refractivity contribution is 6.07. The number of aromatic nitrogens is 1. The summed E-state index contributed by atoms with van der Waals surface area (Å²) in [5.41, 5.74) is 4.70. The van der Waals surface area contributed by atoms with E-state index in [9.17, 15) is 4.79 Å². The molecule has 0 fully saturated rings. The first-order chi connectivity index (χ1) is 11.5. The lowest BCUT2D eigenvalue weighted by molar-refractivity contribution is 0.0987. The number of methoxy groups -OCH3 is 1. The largest absolute Gasteiger partial charge is 0.453 e. The van der Waals surface area contributed by atoms with Crippen molar-refractivity contribution >= 4 is 22.5 Å². The number of fused-ring (bicyclic) bond motifs is 1. The average Bonchev–Trinajstić information content (AvgIpc) is 2.97. The molecular formula is C19H20N2O3. The van der Waals surface area contributed by atoms with Crippen LogP contribution in [0.1, 0.15) is 33.1 Å². The van der Waals surface area contributed by atoms with E-state index >= 15 is 0 Å². The maximum absolute atomic E-state index is 12.5. The Morgan fingerprint density at radius 2 is 2.00 bits per heavy atom. The van der Waals surface area contributed by atoms with Crippen LogP contribution in [-0.4, -0.2) is 18.0 Å². The molecule has 0 aliphatic heterocycles. The first kappa shape index (κ1) is 16.2. The second-order valence-corrected chi connectivity index (χ2v) is 5.94. The fraction of sp³-hybridized carbons (Fsp3) is 0.263. The normalized spacial score (nSPS) is 11.0. The number of anilines is 1. The Labute approximate surface area is 140 Å². The molecule has 3 aromatic rings. The molecule has 0 aliphatic rings. The highest BCUT2D eigenvalue weighted by Crippen LogP contribution is 2.27. The van der Waals surface area contributed by atoms with E-state index in [2.05, 4.69) is 16.4 Å². The number of nitrogens with one attached hydrogen (secondary N) is 1. The minimum absolute atomic E-state index is 0.258. The third kappa shape index (κ3) is 3.16. The Hall–Kier alpha value is -2.66. The quantitative estimate of drug-likeness (QED) is 0.783. The minimum Gasteiger partial charge on any atom is -0.453 e. The van der Waals surface area contributed by atoms with Crippen molar-refractivity contribution in [3.05, 3.63) is 58.7 Å². The third-order valence-electron chi connectivity index (χ3n) is 3.80. The van der Waals surface area contributed by atoms with Crippen molar-refractivity contribution in [2.75, 3.05) is 12.4 Å². The van der Waals surface area contributed by atoms with E-state index in [1.165, 1.54) is 0 Å². The highest BCUT2D eigenvalue weighted by Gasteiger charge is 2.14. The Morgan fingerprint density at radius 3 is 2.75 bits per heavy atom. The lowest BCUT2D eigenvalue weighted by Crippen LogP contribution is -2.12. The van der Waals surface area contributed by atoms with Crippen LogP contribution >= 0.6 is 0 Å². The molecule has 24 heavy (non-hydrogen) atoms. The fourth-order valence-corrected chi connectivity index (χ4v) is 2.82. The van der Waals surface area contributed by atoms with Gasteiger partial charge in [0.25, 0.3) is 5.91 Å². The SMILES string of the molecule is COCc1ccc(C(=O)Nc2cc(C)nc3c(C)cc(C)cc23)o1. The smallest absolute Gasteiger partial charge is 0.291 e. The summed E-state index contributed by atoms with van der Waals surface area (Å²) < 4.78 is 10.5. The van der Waals surface area contributed by atoms with Gasteiger partial charge >= 0.3 is 0 Å². The van der Waals surface area contributed by atoms with Crippen LogP contribution in [-0.2, 0) is 11.3 Å². The van der Waals surface area contributed by atoms with Crippen molar-refractivity contribution in [1.29, 1.82) is 0 Å². The lowest BCUT2D eigenvalue weighted by Gasteiger charge is -2.11. The molecule has 2 aromatic heterocycles. The molecule has 0 spiro atoms. The van der Waals surface area contributed by atoms with Crippen molar-refractivity contribution in [2.24, 2.45) is 0 Å². The minimum atomic E-state index is -0.289. The molecule has 1 amide bonds. The van der Waals surface area contributed by atoms with Gasteiger partial charge in [0.2, 0.25) is 0 Å². The van der Waals surface area contributed by atoms with E-state index in [-0.39, 0.29) is 11.7 Å². The van der Waals surface area contributed by atoms with Crippen LogP contribution in [0.4, 0.5) is 5.69 Å². The third-order valence-corrected chi connectivity index (χ3v) is 3.80. The first-order valence-electron chi connectivity index (χ1n) is 7.75. The van der Waals surface area contributed by atoms with Crippen molar-refractivity contribution in [1.82, 2.24) is 4.98 Å². The average molecular weight is 324 g/mol. The molecule has 1 aromatic carbocycles. The van der Waals surface area contributed by atoms with Gasteiger partial charge in [-0.15, -0.1) is 0 Å². The molecule has 5 nitrogen and oxygen atoms in total. The van der Waals surface area contributed by atoms with Gasteiger partial charge in [-0.05, 0) is 50.6 Å². The number of pyridine rings is 1. The second-order valence-electron chi connectivity index (χ2n) is 5.94. The van der Waals surface area contributed by atoms with Gasteiger partial charge in [-0.2, -0.15) is 0 Å². The molecule has 124 valence electrons. The van der Waals surface area contributed by atoms with E-state index < -0.39 is 0 Å². The number of carbonyl (C=O) groups excluding carboxylic acids is 1. The van der Waals surface area contributed by atoms with Gasteiger partial charge in [0.1, 0.15) is 12.4 Å². The number of amides is 1. The molecule has 0 bridgehead atoms. The lowest BCUT2D eigenvalue weighted by atomic mass is 10.0. The molecule has 0 unspecified atom stereocenters. The Morgan fingerprint density at radius 1 is 1.21 bits per heavy atom. The van der Waals surface area contributed by atoms with Crippen molar-refractivity contribution in [3.63, 3.8) is 0 Å². The Bertz CT molecular complexity index is 912.